The van der Waals surface area contributed by atoms with Crippen LogP contribution in [0.2, 0.25) is 0 Å². The lowest BCUT2D eigenvalue weighted by Crippen LogP contribution is -2.32. The van der Waals surface area contributed by atoms with Gasteiger partial charge in [0.05, 0.1) is 6.42 Å². The van der Waals surface area contributed by atoms with Crippen LogP contribution in [-0.4, -0.2) is 36.0 Å². The molecular formula is C16H17F3NO2+. The van der Waals surface area contributed by atoms with E-state index in [9.17, 15) is 18.0 Å². The molecule has 1 aromatic rings. The van der Waals surface area contributed by atoms with Crippen LogP contribution in [0.25, 0.3) is 0 Å². The highest BCUT2D eigenvalue weighted by Crippen LogP contribution is 2.29. The predicted molar refractivity (Wildman–Crippen MR) is 75.7 cm³/mol. The van der Waals surface area contributed by atoms with Crippen molar-refractivity contribution >= 4 is 12.2 Å². The molecule has 0 aromatic heterocycles. The van der Waals surface area contributed by atoms with E-state index < -0.39 is 18.2 Å². The van der Waals surface area contributed by atoms with Gasteiger partial charge in [0.1, 0.15) is 13.2 Å². The van der Waals surface area contributed by atoms with Gasteiger partial charge in [0.25, 0.3) is 0 Å². The maximum atomic E-state index is 12.5. The van der Waals surface area contributed by atoms with E-state index >= 15 is 0 Å². The molecular weight excluding hydrogens is 295 g/mol. The minimum absolute atomic E-state index is 0.0174. The minimum atomic E-state index is -4.99. The second-order valence-corrected chi connectivity index (χ2v) is 5.17. The van der Waals surface area contributed by atoms with Crippen LogP contribution < -0.4 is 0 Å². The predicted octanol–water partition coefficient (Wildman–Crippen LogP) is 3.26. The molecule has 0 spiro atoms. The molecule has 0 saturated heterocycles. The van der Waals surface area contributed by atoms with Crippen molar-refractivity contribution in [2.24, 2.45) is 0 Å². The Bertz CT molecular complexity index is 579. The first-order chi connectivity index (χ1) is 10.4. The SMILES string of the molecule is C[N+]1=CC=CCC1C[C@H](OC(=O)C(F)(F)F)c1ccccc1. The summed E-state index contributed by atoms with van der Waals surface area (Å²) in [7, 11) is 1.85. The van der Waals surface area contributed by atoms with Crippen molar-refractivity contribution in [3.05, 3.63) is 48.0 Å². The molecule has 1 unspecified atom stereocenters. The van der Waals surface area contributed by atoms with Gasteiger partial charge in [-0.1, -0.05) is 36.4 Å². The van der Waals surface area contributed by atoms with E-state index in [2.05, 4.69) is 0 Å². The molecule has 1 heterocycles. The molecule has 1 aliphatic heterocycles. The molecule has 0 N–H and O–H groups in total. The summed E-state index contributed by atoms with van der Waals surface area (Å²) in [5, 5.41) is 0. The quantitative estimate of drug-likeness (QED) is 0.631. The number of esters is 1. The molecule has 2 atom stereocenters. The van der Waals surface area contributed by atoms with Crippen molar-refractivity contribution in [3.63, 3.8) is 0 Å². The summed E-state index contributed by atoms with van der Waals surface area (Å²) >= 11 is 0. The third-order valence-corrected chi connectivity index (χ3v) is 3.58. The van der Waals surface area contributed by atoms with Gasteiger partial charge in [-0.25, -0.2) is 9.37 Å². The number of benzene rings is 1. The zero-order valence-electron chi connectivity index (χ0n) is 12.1. The Balaban J connectivity index is 2.17. The van der Waals surface area contributed by atoms with E-state index in [0.29, 0.717) is 18.4 Å². The van der Waals surface area contributed by atoms with E-state index in [-0.39, 0.29) is 6.04 Å². The Labute approximate surface area is 126 Å². The number of halogens is 3. The van der Waals surface area contributed by atoms with E-state index in [0.717, 1.165) is 0 Å². The van der Waals surface area contributed by atoms with Gasteiger partial charge in [0.15, 0.2) is 12.3 Å². The molecule has 1 aromatic carbocycles. The van der Waals surface area contributed by atoms with Gasteiger partial charge in [-0.05, 0) is 11.6 Å². The van der Waals surface area contributed by atoms with Crippen molar-refractivity contribution in [1.82, 2.24) is 0 Å². The van der Waals surface area contributed by atoms with E-state index in [4.69, 9.17) is 4.74 Å². The third kappa shape index (κ3) is 4.19. The summed E-state index contributed by atoms with van der Waals surface area (Å²) in [6.45, 7) is 0. The minimum Gasteiger partial charge on any atom is -0.451 e. The van der Waals surface area contributed by atoms with Crippen molar-refractivity contribution in [2.75, 3.05) is 7.05 Å². The number of carbonyl (C=O) groups is 1. The fraction of sp³-hybridized carbons (Fsp3) is 0.375. The van der Waals surface area contributed by atoms with Crippen LogP contribution >= 0.6 is 0 Å². The highest BCUT2D eigenvalue weighted by Gasteiger charge is 2.43. The van der Waals surface area contributed by atoms with Crippen LogP contribution in [0.5, 0.6) is 0 Å². The van der Waals surface area contributed by atoms with Crippen molar-refractivity contribution in [1.29, 1.82) is 0 Å². The van der Waals surface area contributed by atoms with Crippen molar-refractivity contribution < 1.29 is 27.3 Å². The van der Waals surface area contributed by atoms with Crippen LogP contribution in [-0.2, 0) is 9.53 Å². The average molecular weight is 312 g/mol. The van der Waals surface area contributed by atoms with Crippen molar-refractivity contribution in [2.45, 2.75) is 31.2 Å². The summed E-state index contributed by atoms with van der Waals surface area (Å²) in [4.78, 5) is 11.2. The maximum Gasteiger partial charge on any atom is 0.490 e. The smallest absolute Gasteiger partial charge is 0.451 e. The van der Waals surface area contributed by atoms with E-state index in [1.807, 2.05) is 30.0 Å². The first kappa shape index (κ1) is 16.3. The third-order valence-electron chi connectivity index (χ3n) is 3.58. The fourth-order valence-electron chi connectivity index (χ4n) is 2.35. The Hall–Kier alpha value is -2.11. The number of hydrogen-bond acceptors (Lipinski definition) is 2. The Morgan fingerprint density at radius 1 is 1.36 bits per heavy atom. The van der Waals surface area contributed by atoms with E-state index in [1.165, 1.54) is 0 Å². The van der Waals surface area contributed by atoms with Gasteiger partial charge in [0, 0.05) is 6.42 Å². The summed E-state index contributed by atoms with van der Waals surface area (Å²) in [6.07, 6.45) is 0.749. The molecule has 118 valence electrons. The van der Waals surface area contributed by atoms with Crippen LogP contribution in [0.1, 0.15) is 24.5 Å². The zero-order chi connectivity index (χ0) is 16.2. The normalized spacial score (nSPS) is 19.5. The van der Waals surface area contributed by atoms with Gasteiger partial charge < -0.3 is 4.74 Å². The van der Waals surface area contributed by atoms with Crippen LogP contribution in [0.3, 0.4) is 0 Å². The van der Waals surface area contributed by atoms with Gasteiger partial charge >= 0.3 is 12.1 Å². The molecule has 0 aliphatic carbocycles. The molecule has 1 aliphatic rings. The molecule has 0 radical (unpaired) electrons. The van der Waals surface area contributed by atoms with Gasteiger partial charge in [-0.3, -0.25) is 0 Å². The zero-order valence-corrected chi connectivity index (χ0v) is 12.1. The lowest BCUT2D eigenvalue weighted by Gasteiger charge is -2.22. The lowest BCUT2D eigenvalue weighted by atomic mass is 9.98. The summed E-state index contributed by atoms with van der Waals surface area (Å²) in [5.41, 5.74) is 0.558. The fourth-order valence-corrected chi connectivity index (χ4v) is 2.35. The Morgan fingerprint density at radius 3 is 2.64 bits per heavy atom. The average Bonchev–Trinajstić information content (AvgIpc) is 2.48. The van der Waals surface area contributed by atoms with Gasteiger partial charge in [0.2, 0.25) is 0 Å². The number of ether oxygens (including phenoxy) is 1. The van der Waals surface area contributed by atoms with Gasteiger partial charge in [-0.15, -0.1) is 0 Å². The number of allylic oxidation sites excluding steroid dienone is 1. The molecule has 0 amide bonds. The molecule has 3 nitrogen and oxygen atoms in total. The van der Waals surface area contributed by atoms with Crippen LogP contribution in [0.4, 0.5) is 13.2 Å². The molecule has 6 heteroatoms. The highest BCUT2D eigenvalue weighted by atomic mass is 19.4. The first-order valence-electron chi connectivity index (χ1n) is 6.92. The second-order valence-electron chi connectivity index (χ2n) is 5.17. The summed E-state index contributed by atoms with van der Waals surface area (Å²) in [5.74, 6) is -2.15. The summed E-state index contributed by atoms with van der Waals surface area (Å²) < 4.78 is 44.1. The standard InChI is InChI=1S/C16H17F3NO2/c1-20-10-6-5-9-13(20)11-14(12-7-3-2-4-8-12)22-15(21)16(17,18)19/h2-8,10,13-14H,9,11H2,1H3/q+1/t13?,14-/m0/s1. The van der Waals surface area contributed by atoms with Gasteiger partial charge in [-0.2, -0.15) is 13.2 Å². The number of alkyl halides is 3. The number of rotatable bonds is 4. The Kier molecular flexibility index (Phi) is 5.00. The van der Waals surface area contributed by atoms with Crippen molar-refractivity contribution in [3.8, 4) is 0 Å². The highest BCUT2D eigenvalue weighted by molar-refractivity contribution is 5.75. The molecule has 22 heavy (non-hydrogen) atoms. The second kappa shape index (κ2) is 6.77. The van der Waals surface area contributed by atoms with E-state index in [1.54, 1.807) is 30.3 Å². The molecule has 0 bridgehead atoms. The van der Waals surface area contributed by atoms with Crippen LogP contribution in [0, 0.1) is 0 Å². The molecule has 0 saturated carbocycles. The lowest BCUT2D eigenvalue weighted by molar-refractivity contribution is -0.536. The maximum absolute atomic E-state index is 12.5. The summed E-state index contributed by atoms with van der Waals surface area (Å²) in [6, 6.07) is 8.49. The largest absolute Gasteiger partial charge is 0.490 e. The first-order valence-corrected chi connectivity index (χ1v) is 6.92. The molecule has 2 rings (SSSR count). The number of hydrogen-bond donors (Lipinski definition) is 0. The number of carbonyl (C=O) groups excluding carboxylic acids is 1. The van der Waals surface area contributed by atoms with Crippen LogP contribution in [0.15, 0.2) is 42.5 Å². The molecule has 0 fully saturated rings. The number of nitrogens with zero attached hydrogens (tertiary/aromatic N) is 1. The topological polar surface area (TPSA) is 29.3 Å². The monoisotopic (exact) mass is 312 g/mol. The Morgan fingerprint density at radius 2 is 2.05 bits per heavy atom.